The Balaban J connectivity index is 2.08. The molecule has 0 spiro atoms. The van der Waals surface area contributed by atoms with Crippen LogP contribution in [0.3, 0.4) is 0 Å². The highest BCUT2D eigenvalue weighted by molar-refractivity contribution is 5.51. The van der Waals surface area contributed by atoms with Gasteiger partial charge in [-0.2, -0.15) is 0 Å². The van der Waals surface area contributed by atoms with Crippen molar-refractivity contribution in [2.24, 2.45) is 0 Å². The predicted molar refractivity (Wildman–Crippen MR) is 71.9 cm³/mol. The van der Waals surface area contributed by atoms with Crippen molar-refractivity contribution < 1.29 is 9.47 Å². The third-order valence-electron chi connectivity index (χ3n) is 2.82. The molecule has 3 nitrogen and oxygen atoms in total. The summed E-state index contributed by atoms with van der Waals surface area (Å²) in [6.07, 6.45) is 6.12. The van der Waals surface area contributed by atoms with Crippen LogP contribution in [0.15, 0.2) is 12.1 Å². The van der Waals surface area contributed by atoms with Crippen LogP contribution < -0.4 is 14.8 Å². The molecule has 3 heteroatoms. The smallest absolute Gasteiger partial charge is 0.246 e. The fourth-order valence-electron chi connectivity index (χ4n) is 2.09. The highest BCUT2D eigenvalue weighted by Crippen LogP contribution is 2.42. The van der Waals surface area contributed by atoms with Crippen molar-refractivity contribution in [3.63, 3.8) is 0 Å². The summed E-state index contributed by atoms with van der Waals surface area (Å²) < 4.78 is 11.5. The maximum atomic E-state index is 5.77. The van der Waals surface area contributed by atoms with Gasteiger partial charge in [0.1, 0.15) is 0 Å². The summed E-state index contributed by atoms with van der Waals surface area (Å²) in [5.74, 6) is 3.70. The van der Waals surface area contributed by atoms with Gasteiger partial charge in [-0.3, -0.25) is 0 Å². The van der Waals surface area contributed by atoms with E-state index in [2.05, 4.69) is 23.4 Å². The number of fused-ring (bicyclic) bond motifs is 1. The summed E-state index contributed by atoms with van der Waals surface area (Å²) in [6.45, 7) is 7.35. The van der Waals surface area contributed by atoms with Gasteiger partial charge >= 0.3 is 0 Å². The lowest BCUT2D eigenvalue weighted by Crippen LogP contribution is -2.29. The molecule has 2 rings (SSSR count). The SMILES string of the molecule is C#CCNCCc1cc(C)c2c(c1)OC(C)(C)O2. The van der Waals surface area contributed by atoms with Crippen molar-refractivity contribution in [1.29, 1.82) is 0 Å². The van der Waals surface area contributed by atoms with E-state index in [1.165, 1.54) is 5.56 Å². The zero-order valence-corrected chi connectivity index (χ0v) is 11.2. The van der Waals surface area contributed by atoms with Gasteiger partial charge in [-0.1, -0.05) is 12.0 Å². The van der Waals surface area contributed by atoms with Gasteiger partial charge < -0.3 is 14.8 Å². The first-order chi connectivity index (χ1) is 8.52. The number of hydrogen-bond acceptors (Lipinski definition) is 3. The molecule has 0 saturated heterocycles. The average molecular weight is 245 g/mol. The minimum Gasteiger partial charge on any atom is -0.449 e. The van der Waals surface area contributed by atoms with Gasteiger partial charge in [-0.15, -0.1) is 6.42 Å². The Labute approximate surface area is 108 Å². The first-order valence-electron chi connectivity index (χ1n) is 6.17. The maximum Gasteiger partial charge on any atom is 0.246 e. The molecule has 0 bridgehead atoms. The second kappa shape index (κ2) is 4.91. The summed E-state index contributed by atoms with van der Waals surface area (Å²) >= 11 is 0. The minimum atomic E-state index is -0.562. The molecule has 96 valence electrons. The van der Waals surface area contributed by atoms with Crippen molar-refractivity contribution in [2.45, 2.75) is 33.0 Å². The van der Waals surface area contributed by atoms with Gasteiger partial charge in [-0.05, 0) is 30.5 Å². The van der Waals surface area contributed by atoms with Gasteiger partial charge in [0.05, 0.1) is 6.54 Å². The predicted octanol–water partition coefficient (Wildman–Crippen LogP) is 2.27. The molecule has 1 aromatic rings. The first kappa shape index (κ1) is 12.8. The van der Waals surface area contributed by atoms with Crippen molar-refractivity contribution in [3.8, 4) is 23.8 Å². The molecule has 1 aliphatic rings. The van der Waals surface area contributed by atoms with E-state index in [9.17, 15) is 0 Å². The summed E-state index contributed by atoms with van der Waals surface area (Å²) in [5, 5.41) is 3.18. The van der Waals surface area contributed by atoms with Crippen LogP contribution in [0.4, 0.5) is 0 Å². The standard InChI is InChI=1S/C15H19NO2/c1-5-7-16-8-6-12-9-11(2)14-13(10-12)17-15(3,4)18-14/h1,9-10,16H,6-8H2,2-4H3. The van der Waals surface area contributed by atoms with Crippen molar-refractivity contribution in [2.75, 3.05) is 13.1 Å². The van der Waals surface area contributed by atoms with E-state index < -0.39 is 5.79 Å². The average Bonchev–Trinajstić information content (AvgIpc) is 2.60. The van der Waals surface area contributed by atoms with Crippen LogP contribution in [0.1, 0.15) is 25.0 Å². The Morgan fingerprint density at radius 3 is 2.83 bits per heavy atom. The van der Waals surface area contributed by atoms with E-state index in [0.29, 0.717) is 6.54 Å². The van der Waals surface area contributed by atoms with Crippen LogP contribution in [-0.2, 0) is 6.42 Å². The summed E-state index contributed by atoms with van der Waals surface area (Å²) in [4.78, 5) is 0. The first-order valence-corrected chi connectivity index (χ1v) is 6.17. The van der Waals surface area contributed by atoms with Crippen molar-refractivity contribution in [3.05, 3.63) is 23.3 Å². The number of terminal acetylenes is 1. The molecular weight excluding hydrogens is 226 g/mol. The molecule has 0 saturated carbocycles. The lowest BCUT2D eigenvalue weighted by molar-refractivity contribution is -0.0434. The monoisotopic (exact) mass is 245 g/mol. The molecule has 1 N–H and O–H groups in total. The number of hydrogen-bond donors (Lipinski definition) is 1. The molecule has 0 atom stereocenters. The second-order valence-electron chi connectivity index (χ2n) is 4.97. The van der Waals surface area contributed by atoms with E-state index in [0.717, 1.165) is 30.0 Å². The molecule has 1 aliphatic heterocycles. The number of ether oxygens (including phenoxy) is 2. The van der Waals surface area contributed by atoms with Crippen LogP contribution in [0.25, 0.3) is 0 Å². The number of benzene rings is 1. The van der Waals surface area contributed by atoms with Crippen LogP contribution >= 0.6 is 0 Å². The van der Waals surface area contributed by atoms with Crippen molar-refractivity contribution in [1.82, 2.24) is 5.32 Å². The fourth-order valence-corrected chi connectivity index (χ4v) is 2.09. The number of aryl methyl sites for hydroxylation is 1. The second-order valence-corrected chi connectivity index (χ2v) is 4.97. The Bertz CT molecular complexity index is 486. The van der Waals surface area contributed by atoms with E-state index in [1.807, 2.05) is 20.8 Å². The Hall–Kier alpha value is -1.66. The highest BCUT2D eigenvalue weighted by Gasteiger charge is 2.32. The van der Waals surface area contributed by atoms with Crippen LogP contribution in [-0.4, -0.2) is 18.9 Å². The fraction of sp³-hybridized carbons (Fsp3) is 0.467. The van der Waals surface area contributed by atoms with E-state index in [4.69, 9.17) is 15.9 Å². The van der Waals surface area contributed by atoms with E-state index >= 15 is 0 Å². The van der Waals surface area contributed by atoms with Gasteiger partial charge in [0, 0.05) is 20.4 Å². The van der Waals surface area contributed by atoms with Crippen LogP contribution in [0, 0.1) is 19.3 Å². The summed E-state index contributed by atoms with van der Waals surface area (Å²) in [6, 6.07) is 4.19. The zero-order valence-electron chi connectivity index (χ0n) is 11.2. The molecule has 0 amide bonds. The number of rotatable bonds is 4. The van der Waals surface area contributed by atoms with Gasteiger partial charge in [0.25, 0.3) is 0 Å². The summed E-state index contributed by atoms with van der Waals surface area (Å²) in [7, 11) is 0. The topological polar surface area (TPSA) is 30.5 Å². The third-order valence-corrected chi connectivity index (χ3v) is 2.82. The van der Waals surface area contributed by atoms with E-state index in [1.54, 1.807) is 0 Å². The van der Waals surface area contributed by atoms with Gasteiger partial charge in [0.2, 0.25) is 5.79 Å². The highest BCUT2D eigenvalue weighted by atomic mass is 16.7. The molecule has 0 aliphatic carbocycles. The normalized spacial score (nSPS) is 15.4. The minimum absolute atomic E-state index is 0.562. The lowest BCUT2D eigenvalue weighted by Gasteiger charge is -2.16. The number of nitrogens with one attached hydrogen (secondary N) is 1. The summed E-state index contributed by atoms with van der Waals surface area (Å²) in [5.41, 5.74) is 2.35. The van der Waals surface area contributed by atoms with Gasteiger partial charge in [0.15, 0.2) is 11.5 Å². The molecule has 0 radical (unpaired) electrons. The lowest BCUT2D eigenvalue weighted by atomic mass is 10.1. The quantitative estimate of drug-likeness (QED) is 0.652. The molecule has 0 aromatic heterocycles. The molecule has 0 fully saturated rings. The molecule has 1 heterocycles. The molecule has 0 unspecified atom stereocenters. The van der Waals surface area contributed by atoms with E-state index in [-0.39, 0.29) is 0 Å². The Morgan fingerprint density at radius 1 is 1.33 bits per heavy atom. The zero-order chi connectivity index (χ0) is 13.2. The van der Waals surface area contributed by atoms with Gasteiger partial charge in [-0.25, -0.2) is 0 Å². The molecular formula is C15H19NO2. The van der Waals surface area contributed by atoms with Crippen molar-refractivity contribution >= 4 is 0 Å². The Kier molecular flexibility index (Phi) is 3.49. The largest absolute Gasteiger partial charge is 0.449 e. The third kappa shape index (κ3) is 2.77. The van der Waals surface area contributed by atoms with Crippen LogP contribution in [0.5, 0.6) is 11.5 Å². The molecule has 1 aromatic carbocycles. The maximum absolute atomic E-state index is 5.77. The van der Waals surface area contributed by atoms with Crippen LogP contribution in [0.2, 0.25) is 0 Å². The Morgan fingerprint density at radius 2 is 2.11 bits per heavy atom. The molecule has 18 heavy (non-hydrogen) atoms.